The van der Waals surface area contributed by atoms with Crippen molar-refractivity contribution >= 4 is 11.6 Å². The number of hydrogen-bond acceptors (Lipinski definition) is 5. The summed E-state index contributed by atoms with van der Waals surface area (Å²) >= 11 is 0. The van der Waals surface area contributed by atoms with E-state index in [4.69, 9.17) is 18.9 Å². The van der Waals surface area contributed by atoms with Gasteiger partial charge < -0.3 is 23.8 Å². The van der Waals surface area contributed by atoms with E-state index < -0.39 is 0 Å². The third-order valence-electron chi connectivity index (χ3n) is 4.80. The van der Waals surface area contributed by atoms with Gasteiger partial charge in [-0.1, -0.05) is 6.92 Å². The van der Waals surface area contributed by atoms with Crippen LogP contribution in [0.1, 0.15) is 22.8 Å². The molecule has 1 aliphatic heterocycles. The molecular formula is C21H25NO5. The van der Waals surface area contributed by atoms with Crippen molar-refractivity contribution in [3.8, 4) is 23.0 Å². The maximum Gasteiger partial charge on any atom is 0.258 e. The van der Waals surface area contributed by atoms with Gasteiger partial charge in [0.25, 0.3) is 5.91 Å². The number of carbonyl (C=O) groups is 1. The first-order valence-electron chi connectivity index (χ1n) is 8.81. The van der Waals surface area contributed by atoms with Crippen LogP contribution in [0.5, 0.6) is 23.0 Å². The van der Waals surface area contributed by atoms with Gasteiger partial charge in [-0.3, -0.25) is 4.79 Å². The van der Waals surface area contributed by atoms with E-state index in [2.05, 4.69) is 6.92 Å². The molecular weight excluding hydrogens is 346 g/mol. The minimum absolute atomic E-state index is 0.104. The number of amides is 1. The van der Waals surface area contributed by atoms with E-state index in [1.54, 1.807) is 19.2 Å². The summed E-state index contributed by atoms with van der Waals surface area (Å²) in [7, 11) is 6.26. The number of rotatable bonds is 5. The number of hydrogen-bond donors (Lipinski definition) is 0. The number of fused-ring (bicyclic) bond motifs is 1. The van der Waals surface area contributed by atoms with Gasteiger partial charge in [-0.2, -0.15) is 0 Å². The van der Waals surface area contributed by atoms with Crippen molar-refractivity contribution in [3.05, 3.63) is 41.5 Å². The first-order valence-corrected chi connectivity index (χ1v) is 8.81. The zero-order valence-electron chi connectivity index (χ0n) is 16.4. The molecule has 0 N–H and O–H groups in total. The van der Waals surface area contributed by atoms with Crippen molar-refractivity contribution in [2.45, 2.75) is 13.3 Å². The smallest absolute Gasteiger partial charge is 0.258 e. The van der Waals surface area contributed by atoms with Gasteiger partial charge in [0, 0.05) is 17.8 Å². The standard InChI is InChI=1S/C21H25NO5/c1-13-8-14-9-16(24-2)6-7-17(14)22(12-13)21(23)15-10-18(25-3)20(27-5)19(11-15)26-4/h6-7,9-11,13H,8,12H2,1-5H3. The summed E-state index contributed by atoms with van der Waals surface area (Å²) < 4.78 is 21.5. The van der Waals surface area contributed by atoms with E-state index >= 15 is 0 Å². The van der Waals surface area contributed by atoms with Gasteiger partial charge in [-0.05, 0) is 48.2 Å². The van der Waals surface area contributed by atoms with Crippen LogP contribution in [0.2, 0.25) is 0 Å². The lowest BCUT2D eigenvalue weighted by Gasteiger charge is -2.33. The molecule has 1 aliphatic rings. The second-order valence-corrected chi connectivity index (χ2v) is 6.63. The Kier molecular flexibility index (Phi) is 5.44. The van der Waals surface area contributed by atoms with E-state index in [-0.39, 0.29) is 5.91 Å². The molecule has 1 heterocycles. The molecule has 144 valence electrons. The highest BCUT2D eigenvalue weighted by atomic mass is 16.5. The Morgan fingerprint density at radius 1 is 0.963 bits per heavy atom. The van der Waals surface area contributed by atoms with Crippen molar-refractivity contribution in [3.63, 3.8) is 0 Å². The van der Waals surface area contributed by atoms with Crippen LogP contribution in [0.15, 0.2) is 30.3 Å². The molecule has 3 rings (SSSR count). The summed E-state index contributed by atoms with van der Waals surface area (Å²) in [6.07, 6.45) is 0.908. The van der Waals surface area contributed by atoms with E-state index in [0.717, 1.165) is 23.4 Å². The maximum atomic E-state index is 13.3. The van der Waals surface area contributed by atoms with Crippen LogP contribution in [0.4, 0.5) is 5.69 Å². The Morgan fingerprint density at radius 2 is 1.63 bits per heavy atom. The van der Waals surface area contributed by atoms with Crippen LogP contribution < -0.4 is 23.8 Å². The molecule has 1 amide bonds. The second-order valence-electron chi connectivity index (χ2n) is 6.63. The van der Waals surface area contributed by atoms with E-state index in [1.807, 2.05) is 23.1 Å². The molecule has 2 aromatic rings. The summed E-state index contributed by atoms with van der Waals surface area (Å²) in [4.78, 5) is 15.2. The Balaban J connectivity index is 2.04. The molecule has 0 aromatic heterocycles. The van der Waals surface area contributed by atoms with Crippen LogP contribution in [0, 0.1) is 5.92 Å². The summed E-state index contributed by atoms with van der Waals surface area (Å²) in [5.41, 5.74) is 2.50. The Hall–Kier alpha value is -2.89. The first kappa shape index (κ1) is 18.9. The van der Waals surface area contributed by atoms with Crippen LogP contribution in [-0.2, 0) is 6.42 Å². The van der Waals surface area contributed by atoms with Crippen LogP contribution in [-0.4, -0.2) is 40.9 Å². The Labute approximate surface area is 159 Å². The van der Waals surface area contributed by atoms with Crippen LogP contribution >= 0.6 is 0 Å². The predicted molar refractivity (Wildman–Crippen MR) is 104 cm³/mol. The molecule has 0 radical (unpaired) electrons. The Bertz CT molecular complexity index is 823. The number of anilines is 1. The lowest BCUT2D eigenvalue weighted by Crippen LogP contribution is -2.39. The highest BCUT2D eigenvalue weighted by molar-refractivity contribution is 6.07. The van der Waals surface area contributed by atoms with Gasteiger partial charge in [0.15, 0.2) is 11.5 Å². The molecule has 0 fully saturated rings. The largest absolute Gasteiger partial charge is 0.497 e. The second kappa shape index (κ2) is 7.78. The highest BCUT2D eigenvalue weighted by Gasteiger charge is 2.29. The first-order chi connectivity index (χ1) is 13.0. The predicted octanol–water partition coefficient (Wildman–Crippen LogP) is 3.56. The van der Waals surface area contributed by atoms with E-state index in [0.29, 0.717) is 35.3 Å². The number of nitrogens with zero attached hydrogens (tertiary/aromatic N) is 1. The van der Waals surface area contributed by atoms with Gasteiger partial charge in [0.05, 0.1) is 28.4 Å². The molecule has 1 unspecified atom stereocenters. The molecule has 0 saturated carbocycles. The minimum atomic E-state index is -0.104. The lowest BCUT2D eigenvalue weighted by atomic mass is 9.93. The van der Waals surface area contributed by atoms with Gasteiger partial charge in [-0.15, -0.1) is 0 Å². The van der Waals surface area contributed by atoms with Gasteiger partial charge in [0.1, 0.15) is 5.75 Å². The summed E-state index contributed by atoms with van der Waals surface area (Å²) in [5.74, 6) is 2.42. The number of methoxy groups -OCH3 is 4. The average molecular weight is 371 g/mol. The monoisotopic (exact) mass is 371 g/mol. The van der Waals surface area contributed by atoms with Crippen LogP contribution in [0.3, 0.4) is 0 Å². The summed E-state index contributed by atoms with van der Waals surface area (Å²) in [6, 6.07) is 9.19. The summed E-state index contributed by atoms with van der Waals surface area (Å²) in [6.45, 7) is 2.78. The van der Waals surface area contributed by atoms with Crippen molar-refractivity contribution in [1.29, 1.82) is 0 Å². The van der Waals surface area contributed by atoms with Crippen molar-refractivity contribution in [2.75, 3.05) is 39.9 Å². The highest BCUT2D eigenvalue weighted by Crippen LogP contribution is 2.40. The number of carbonyl (C=O) groups excluding carboxylic acids is 1. The lowest BCUT2D eigenvalue weighted by molar-refractivity contribution is 0.0980. The quantitative estimate of drug-likeness (QED) is 0.804. The molecule has 27 heavy (non-hydrogen) atoms. The molecule has 0 aliphatic carbocycles. The molecule has 0 bridgehead atoms. The Morgan fingerprint density at radius 3 is 2.19 bits per heavy atom. The van der Waals surface area contributed by atoms with Gasteiger partial charge >= 0.3 is 0 Å². The summed E-state index contributed by atoms with van der Waals surface area (Å²) in [5, 5.41) is 0. The van der Waals surface area contributed by atoms with Gasteiger partial charge in [0.2, 0.25) is 5.75 Å². The number of benzene rings is 2. The van der Waals surface area contributed by atoms with Crippen molar-refractivity contribution in [1.82, 2.24) is 0 Å². The van der Waals surface area contributed by atoms with E-state index in [9.17, 15) is 4.79 Å². The maximum absolute atomic E-state index is 13.3. The van der Waals surface area contributed by atoms with Gasteiger partial charge in [-0.25, -0.2) is 0 Å². The average Bonchev–Trinajstić information content (AvgIpc) is 2.70. The molecule has 6 nitrogen and oxygen atoms in total. The topological polar surface area (TPSA) is 57.2 Å². The molecule has 0 spiro atoms. The minimum Gasteiger partial charge on any atom is -0.497 e. The van der Waals surface area contributed by atoms with Crippen molar-refractivity contribution < 1.29 is 23.7 Å². The SMILES string of the molecule is COc1ccc2c(c1)CC(C)CN2C(=O)c1cc(OC)c(OC)c(OC)c1. The zero-order chi connectivity index (χ0) is 19.6. The molecule has 0 saturated heterocycles. The fourth-order valence-electron chi connectivity index (χ4n) is 3.52. The molecule has 6 heteroatoms. The van der Waals surface area contributed by atoms with Crippen LogP contribution in [0.25, 0.3) is 0 Å². The van der Waals surface area contributed by atoms with Crippen molar-refractivity contribution in [2.24, 2.45) is 5.92 Å². The third kappa shape index (κ3) is 3.52. The molecule has 2 aromatic carbocycles. The number of ether oxygens (including phenoxy) is 4. The normalized spacial score (nSPS) is 15.7. The fourth-order valence-corrected chi connectivity index (χ4v) is 3.52. The zero-order valence-corrected chi connectivity index (χ0v) is 16.4. The molecule has 1 atom stereocenters. The fraction of sp³-hybridized carbons (Fsp3) is 0.381. The van der Waals surface area contributed by atoms with E-state index in [1.165, 1.54) is 21.3 Å². The third-order valence-corrected chi connectivity index (χ3v) is 4.80.